The molecule has 2 fully saturated rings. The molecule has 2 aliphatic rings. The number of carbonyl (C=O) groups is 3. The summed E-state index contributed by atoms with van der Waals surface area (Å²) in [4.78, 5) is 35.8. The minimum Gasteiger partial charge on any atom is -0.481 e. The molecule has 7 heteroatoms. The van der Waals surface area contributed by atoms with Gasteiger partial charge in [0.2, 0.25) is 5.91 Å². The lowest BCUT2D eigenvalue weighted by Gasteiger charge is -2.37. The Morgan fingerprint density at radius 3 is 2.40 bits per heavy atom. The molecule has 0 aromatic carbocycles. The predicted molar refractivity (Wildman–Crippen MR) is 71.1 cm³/mol. The molecule has 7 nitrogen and oxygen atoms in total. The van der Waals surface area contributed by atoms with E-state index >= 15 is 0 Å². The number of hydrogen-bond acceptors (Lipinski definition) is 3. The van der Waals surface area contributed by atoms with Crippen LogP contribution in [0, 0.1) is 5.41 Å². The van der Waals surface area contributed by atoms with Gasteiger partial charge in [0, 0.05) is 19.6 Å². The van der Waals surface area contributed by atoms with Crippen LogP contribution in [0.3, 0.4) is 0 Å². The van der Waals surface area contributed by atoms with Crippen molar-refractivity contribution in [2.24, 2.45) is 5.41 Å². The molecule has 0 atom stereocenters. The molecule has 0 heterocycles. The molecule has 0 unspecified atom stereocenters. The van der Waals surface area contributed by atoms with E-state index in [4.69, 9.17) is 5.11 Å². The minimum atomic E-state index is -0.863. The van der Waals surface area contributed by atoms with Gasteiger partial charge >= 0.3 is 12.0 Å². The SMILES string of the molecule is CN(CC(=O)NC1CC1)C(=O)NCC1(C(=O)O)CCC1. The molecule has 0 spiro atoms. The molecular formula is C13H21N3O4. The first-order valence-electron chi connectivity index (χ1n) is 6.95. The van der Waals surface area contributed by atoms with Gasteiger partial charge in [0.1, 0.15) is 6.54 Å². The summed E-state index contributed by atoms with van der Waals surface area (Å²) in [5.41, 5.74) is -0.813. The summed E-state index contributed by atoms with van der Waals surface area (Å²) in [5, 5.41) is 14.6. The highest BCUT2D eigenvalue weighted by atomic mass is 16.4. The highest BCUT2D eigenvalue weighted by Crippen LogP contribution is 2.40. The lowest BCUT2D eigenvalue weighted by molar-refractivity contribution is -0.153. The second-order valence-electron chi connectivity index (χ2n) is 5.80. The van der Waals surface area contributed by atoms with Gasteiger partial charge in [0.05, 0.1) is 5.41 Å². The first kappa shape index (κ1) is 14.6. The van der Waals surface area contributed by atoms with Crippen molar-refractivity contribution in [2.45, 2.75) is 38.1 Å². The van der Waals surface area contributed by atoms with Crippen LogP contribution in [0.25, 0.3) is 0 Å². The van der Waals surface area contributed by atoms with Crippen LogP contribution in [0.4, 0.5) is 4.79 Å². The number of carboxylic acid groups (broad SMARTS) is 1. The van der Waals surface area contributed by atoms with Crippen LogP contribution in [0.2, 0.25) is 0 Å². The van der Waals surface area contributed by atoms with E-state index in [9.17, 15) is 14.4 Å². The highest BCUT2D eigenvalue weighted by molar-refractivity contribution is 5.84. The zero-order valence-corrected chi connectivity index (χ0v) is 11.6. The first-order valence-corrected chi connectivity index (χ1v) is 6.95. The number of hydrogen-bond donors (Lipinski definition) is 3. The largest absolute Gasteiger partial charge is 0.481 e. The van der Waals surface area contributed by atoms with Gasteiger partial charge in [0.15, 0.2) is 0 Å². The molecule has 0 aliphatic heterocycles. The van der Waals surface area contributed by atoms with Crippen LogP contribution < -0.4 is 10.6 Å². The van der Waals surface area contributed by atoms with Crippen molar-refractivity contribution in [3.63, 3.8) is 0 Å². The average molecular weight is 283 g/mol. The quantitative estimate of drug-likeness (QED) is 0.646. The fourth-order valence-electron chi connectivity index (χ4n) is 2.24. The van der Waals surface area contributed by atoms with Crippen LogP contribution in [-0.2, 0) is 9.59 Å². The van der Waals surface area contributed by atoms with E-state index in [-0.39, 0.29) is 25.0 Å². The van der Waals surface area contributed by atoms with Crippen LogP contribution >= 0.6 is 0 Å². The van der Waals surface area contributed by atoms with Gasteiger partial charge in [-0.1, -0.05) is 6.42 Å². The van der Waals surface area contributed by atoms with Crippen LogP contribution in [0.15, 0.2) is 0 Å². The predicted octanol–water partition coefficient (Wildman–Crippen LogP) is 0.161. The number of urea groups is 1. The fourth-order valence-corrected chi connectivity index (χ4v) is 2.24. The first-order chi connectivity index (χ1) is 9.43. The summed E-state index contributed by atoms with van der Waals surface area (Å²) in [7, 11) is 1.52. The van der Waals surface area contributed by atoms with E-state index < -0.39 is 17.4 Å². The number of aliphatic carboxylic acids is 1. The molecule has 2 rings (SSSR count). The second kappa shape index (κ2) is 5.68. The van der Waals surface area contributed by atoms with Gasteiger partial charge in [0.25, 0.3) is 0 Å². The number of nitrogens with zero attached hydrogens (tertiary/aromatic N) is 1. The Bertz CT molecular complexity index is 416. The standard InChI is InChI=1S/C13H21N3O4/c1-16(7-10(17)15-9-3-4-9)12(20)14-8-13(11(18)19)5-2-6-13/h9H,2-8H2,1H3,(H,14,20)(H,15,17)(H,18,19). The van der Waals surface area contributed by atoms with E-state index in [1.165, 1.54) is 11.9 Å². The Morgan fingerprint density at radius 2 is 1.95 bits per heavy atom. The van der Waals surface area contributed by atoms with Gasteiger partial charge in [-0.3, -0.25) is 9.59 Å². The van der Waals surface area contributed by atoms with Crippen molar-refractivity contribution in [3.8, 4) is 0 Å². The van der Waals surface area contributed by atoms with Crippen LogP contribution in [0.1, 0.15) is 32.1 Å². The normalized spacial score (nSPS) is 19.6. The number of carboxylic acids is 1. The molecule has 0 saturated heterocycles. The number of carbonyl (C=O) groups excluding carboxylic acids is 2. The van der Waals surface area contributed by atoms with Gasteiger partial charge in [-0.05, 0) is 25.7 Å². The van der Waals surface area contributed by atoms with Crippen molar-refractivity contribution < 1.29 is 19.5 Å². The topological polar surface area (TPSA) is 98.7 Å². The maximum Gasteiger partial charge on any atom is 0.317 e. The van der Waals surface area contributed by atoms with Crippen molar-refractivity contribution in [1.82, 2.24) is 15.5 Å². The molecule has 2 saturated carbocycles. The molecule has 0 radical (unpaired) electrons. The number of likely N-dealkylation sites (N-methyl/N-ethyl adjacent to an activating group) is 1. The lowest BCUT2D eigenvalue weighted by Crippen LogP contribution is -2.51. The van der Waals surface area contributed by atoms with E-state index in [0.29, 0.717) is 12.8 Å². The van der Waals surface area contributed by atoms with Gasteiger partial charge < -0.3 is 20.6 Å². The van der Waals surface area contributed by atoms with Crippen molar-refractivity contribution in [3.05, 3.63) is 0 Å². The lowest BCUT2D eigenvalue weighted by atomic mass is 9.69. The molecule has 3 N–H and O–H groups in total. The van der Waals surface area contributed by atoms with Crippen molar-refractivity contribution in [2.75, 3.05) is 20.1 Å². The Kier molecular flexibility index (Phi) is 4.15. The Labute approximate surface area is 117 Å². The summed E-state index contributed by atoms with van der Waals surface area (Å²) in [6, 6.07) is -0.146. The molecule has 0 aromatic heterocycles. The van der Waals surface area contributed by atoms with Crippen molar-refractivity contribution >= 4 is 17.9 Å². The Balaban J connectivity index is 1.73. The van der Waals surface area contributed by atoms with E-state index in [1.54, 1.807) is 0 Å². The number of rotatable bonds is 6. The molecule has 0 bridgehead atoms. The number of nitrogens with one attached hydrogen (secondary N) is 2. The third kappa shape index (κ3) is 3.40. The smallest absolute Gasteiger partial charge is 0.317 e. The third-order valence-electron chi connectivity index (χ3n) is 4.01. The van der Waals surface area contributed by atoms with E-state index in [0.717, 1.165) is 19.3 Å². The minimum absolute atomic E-state index is 0.0115. The van der Waals surface area contributed by atoms with Gasteiger partial charge in [-0.25, -0.2) is 4.79 Å². The molecular weight excluding hydrogens is 262 g/mol. The summed E-state index contributed by atoms with van der Waals surface area (Å²) >= 11 is 0. The monoisotopic (exact) mass is 283 g/mol. The molecule has 112 valence electrons. The molecule has 3 amide bonds. The fraction of sp³-hybridized carbons (Fsp3) is 0.769. The maximum absolute atomic E-state index is 11.8. The summed E-state index contributed by atoms with van der Waals surface area (Å²) in [6.07, 6.45) is 4.07. The van der Waals surface area contributed by atoms with Crippen LogP contribution in [-0.4, -0.2) is 54.1 Å². The number of amides is 3. The summed E-state index contributed by atoms with van der Waals surface area (Å²) < 4.78 is 0. The Hall–Kier alpha value is -1.79. The van der Waals surface area contributed by atoms with E-state index in [1.807, 2.05) is 0 Å². The maximum atomic E-state index is 11.8. The zero-order chi connectivity index (χ0) is 14.8. The third-order valence-corrected chi connectivity index (χ3v) is 4.01. The second-order valence-corrected chi connectivity index (χ2v) is 5.80. The highest BCUT2D eigenvalue weighted by Gasteiger charge is 2.44. The summed E-state index contributed by atoms with van der Waals surface area (Å²) in [5.74, 6) is -1.04. The van der Waals surface area contributed by atoms with E-state index in [2.05, 4.69) is 10.6 Å². The molecule has 20 heavy (non-hydrogen) atoms. The van der Waals surface area contributed by atoms with Crippen molar-refractivity contribution in [1.29, 1.82) is 0 Å². The van der Waals surface area contributed by atoms with Crippen LogP contribution in [0.5, 0.6) is 0 Å². The Morgan fingerprint density at radius 1 is 1.30 bits per heavy atom. The summed E-state index contributed by atoms with van der Waals surface area (Å²) in [6.45, 7) is 0.109. The zero-order valence-electron chi connectivity index (χ0n) is 11.6. The molecule has 2 aliphatic carbocycles. The van der Waals surface area contributed by atoms with Gasteiger partial charge in [-0.15, -0.1) is 0 Å². The average Bonchev–Trinajstić information content (AvgIpc) is 3.10. The molecule has 0 aromatic rings. The van der Waals surface area contributed by atoms with Gasteiger partial charge in [-0.2, -0.15) is 0 Å².